The zero-order valence-corrected chi connectivity index (χ0v) is 16.7. The number of fused-ring (bicyclic) bond motifs is 1. The van der Waals surface area contributed by atoms with Gasteiger partial charge in [0.1, 0.15) is 6.61 Å². The van der Waals surface area contributed by atoms with Gasteiger partial charge in [-0.25, -0.2) is 4.79 Å². The number of hydrogen-bond donors (Lipinski definition) is 1. The van der Waals surface area contributed by atoms with Gasteiger partial charge < -0.3 is 15.0 Å². The third-order valence-electron chi connectivity index (χ3n) is 5.44. The van der Waals surface area contributed by atoms with Crippen molar-refractivity contribution in [2.75, 3.05) is 25.1 Å². The zero-order chi connectivity index (χ0) is 19.4. The molecule has 2 amide bonds. The predicted octanol–water partition coefficient (Wildman–Crippen LogP) is 3.08. The number of anilines is 1. The Hall–Kier alpha value is -2.08. The maximum Gasteiger partial charge on any atom is 0.407 e. The van der Waals surface area contributed by atoms with E-state index in [-0.39, 0.29) is 24.1 Å². The van der Waals surface area contributed by atoms with Crippen molar-refractivity contribution in [2.45, 2.75) is 64.6 Å². The van der Waals surface area contributed by atoms with Gasteiger partial charge >= 0.3 is 6.09 Å². The molecule has 0 spiro atoms. The topological polar surface area (TPSA) is 61.9 Å². The van der Waals surface area contributed by atoms with Gasteiger partial charge in [0.2, 0.25) is 5.91 Å². The molecule has 0 saturated carbocycles. The van der Waals surface area contributed by atoms with Gasteiger partial charge in [-0.1, -0.05) is 18.6 Å². The third-order valence-corrected chi connectivity index (χ3v) is 5.44. The van der Waals surface area contributed by atoms with Crippen LogP contribution in [0.2, 0.25) is 0 Å². The molecule has 6 heteroatoms. The molecule has 1 aromatic rings. The first kappa shape index (κ1) is 19.7. The van der Waals surface area contributed by atoms with Crippen LogP contribution in [0.5, 0.6) is 0 Å². The van der Waals surface area contributed by atoms with Gasteiger partial charge in [-0.05, 0) is 56.8 Å². The second kappa shape index (κ2) is 8.74. The van der Waals surface area contributed by atoms with Crippen molar-refractivity contribution in [3.8, 4) is 0 Å². The highest BCUT2D eigenvalue weighted by molar-refractivity contribution is 5.95. The summed E-state index contributed by atoms with van der Waals surface area (Å²) in [5.74, 6) is 0.183. The van der Waals surface area contributed by atoms with E-state index in [1.165, 1.54) is 24.0 Å². The molecule has 1 N–H and O–H groups in total. The van der Waals surface area contributed by atoms with Crippen LogP contribution in [0.3, 0.4) is 0 Å². The molecule has 1 aromatic carbocycles. The molecule has 148 valence electrons. The van der Waals surface area contributed by atoms with Crippen molar-refractivity contribution in [1.82, 2.24) is 10.2 Å². The van der Waals surface area contributed by atoms with Crippen molar-refractivity contribution >= 4 is 17.7 Å². The Balaban J connectivity index is 1.62. The molecule has 0 aromatic heterocycles. The van der Waals surface area contributed by atoms with Crippen molar-refractivity contribution in [1.29, 1.82) is 0 Å². The highest BCUT2D eigenvalue weighted by Crippen LogP contribution is 2.29. The molecule has 1 unspecified atom stereocenters. The maximum atomic E-state index is 11.9. The van der Waals surface area contributed by atoms with Gasteiger partial charge in [0, 0.05) is 37.8 Å². The van der Waals surface area contributed by atoms with Gasteiger partial charge in [-0.3, -0.25) is 9.69 Å². The molecule has 27 heavy (non-hydrogen) atoms. The Bertz CT molecular complexity index is 689. The first-order chi connectivity index (χ1) is 12.9. The molecular weight excluding hydrogens is 342 g/mol. The van der Waals surface area contributed by atoms with E-state index < -0.39 is 0 Å². The van der Waals surface area contributed by atoms with E-state index >= 15 is 0 Å². The third kappa shape index (κ3) is 5.01. The minimum absolute atomic E-state index is 0.0838. The van der Waals surface area contributed by atoms with Gasteiger partial charge in [-0.2, -0.15) is 0 Å². The summed E-state index contributed by atoms with van der Waals surface area (Å²) in [7, 11) is 1.85. The lowest BCUT2D eigenvalue weighted by Gasteiger charge is -2.35. The van der Waals surface area contributed by atoms with Gasteiger partial charge in [0.25, 0.3) is 0 Å². The number of likely N-dealkylation sites (tertiary alicyclic amines) is 1. The number of rotatable bonds is 5. The monoisotopic (exact) mass is 373 g/mol. The van der Waals surface area contributed by atoms with E-state index in [1.54, 1.807) is 4.90 Å². The number of nitrogens with one attached hydrogen (secondary N) is 1. The van der Waals surface area contributed by atoms with Gasteiger partial charge in [-0.15, -0.1) is 0 Å². The maximum absolute atomic E-state index is 11.9. The molecule has 0 bridgehead atoms. The number of alkyl carbamates (subject to hydrolysis) is 1. The summed E-state index contributed by atoms with van der Waals surface area (Å²) >= 11 is 0. The molecule has 3 rings (SSSR count). The van der Waals surface area contributed by atoms with Crippen LogP contribution in [0, 0.1) is 0 Å². The van der Waals surface area contributed by atoms with E-state index in [4.69, 9.17) is 4.74 Å². The van der Waals surface area contributed by atoms with Gasteiger partial charge in [0.05, 0.1) is 0 Å². The smallest absolute Gasteiger partial charge is 0.407 e. The molecule has 1 saturated heterocycles. The molecule has 0 aliphatic carbocycles. The second-order valence-electron chi connectivity index (χ2n) is 7.93. The van der Waals surface area contributed by atoms with Crippen LogP contribution < -0.4 is 10.2 Å². The van der Waals surface area contributed by atoms with Crippen LogP contribution in [0.4, 0.5) is 10.5 Å². The normalized spacial score (nSPS) is 20.5. The fraction of sp³-hybridized carbons (Fsp3) is 0.619. The van der Waals surface area contributed by atoms with Crippen molar-refractivity contribution in [3.05, 3.63) is 29.3 Å². The Morgan fingerprint density at radius 1 is 1.30 bits per heavy atom. The van der Waals surface area contributed by atoms with Gasteiger partial charge in [0.15, 0.2) is 0 Å². The van der Waals surface area contributed by atoms with Crippen LogP contribution in [-0.4, -0.2) is 49.2 Å². The Kier molecular flexibility index (Phi) is 6.37. The number of ether oxygens (including phenoxy) is 1. The number of piperidine rings is 1. The fourth-order valence-electron chi connectivity index (χ4n) is 3.95. The highest BCUT2D eigenvalue weighted by Gasteiger charge is 2.25. The zero-order valence-electron chi connectivity index (χ0n) is 16.7. The first-order valence-corrected chi connectivity index (χ1v) is 9.99. The lowest BCUT2D eigenvalue weighted by atomic mass is 9.97. The molecular formula is C21H31N3O3. The first-order valence-electron chi connectivity index (χ1n) is 9.99. The fourth-order valence-corrected chi connectivity index (χ4v) is 3.95. The number of aryl methyl sites for hydroxylation is 1. The Labute approximate surface area is 161 Å². The Morgan fingerprint density at radius 2 is 2.11 bits per heavy atom. The van der Waals surface area contributed by atoms with E-state index in [2.05, 4.69) is 28.4 Å². The number of nitrogens with zero attached hydrogens (tertiary/aromatic N) is 2. The number of hydrogen-bond acceptors (Lipinski definition) is 4. The molecule has 2 aliphatic rings. The number of amides is 2. The van der Waals surface area contributed by atoms with Crippen LogP contribution in [-0.2, 0) is 22.5 Å². The average molecular weight is 373 g/mol. The van der Waals surface area contributed by atoms with Crippen molar-refractivity contribution in [2.24, 2.45) is 0 Å². The summed E-state index contributed by atoms with van der Waals surface area (Å²) < 4.78 is 5.44. The summed E-state index contributed by atoms with van der Waals surface area (Å²) in [4.78, 5) is 27.8. The summed E-state index contributed by atoms with van der Waals surface area (Å²) in [5.41, 5.74) is 3.53. The quantitative estimate of drug-likeness (QED) is 0.862. The summed E-state index contributed by atoms with van der Waals surface area (Å²) in [6.07, 6.45) is 4.46. The van der Waals surface area contributed by atoms with Crippen molar-refractivity contribution < 1.29 is 14.3 Å². The van der Waals surface area contributed by atoms with E-state index in [1.807, 2.05) is 20.9 Å². The molecule has 6 nitrogen and oxygen atoms in total. The minimum Gasteiger partial charge on any atom is -0.448 e. The molecule has 0 radical (unpaired) electrons. The molecule has 2 aliphatic heterocycles. The lowest BCUT2D eigenvalue weighted by Crippen LogP contribution is -2.43. The van der Waals surface area contributed by atoms with Crippen LogP contribution in [0.25, 0.3) is 0 Å². The molecule has 2 heterocycles. The minimum atomic E-state index is -0.336. The summed E-state index contributed by atoms with van der Waals surface area (Å²) in [5, 5.41) is 2.78. The van der Waals surface area contributed by atoms with Crippen LogP contribution >= 0.6 is 0 Å². The molecule has 1 atom stereocenters. The largest absolute Gasteiger partial charge is 0.448 e. The SMILES string of the molecule is CC(C)NC(=O)OCC1CCCCN1Cc1ccc2c(c1)CCC(=O)N2C. The van der Waals surface area contributed by atoms with Crippen LogP contribution in [0.1, 0.15) is 50.7 Å². The number of carbonyl (C=O) groups is 2. The summed E-state index contributed by atoms with van der Waals surface area (Å²) in [6.45, 7) is 6.16. The number of carbonyl (C=O) groups excluding carboxylic acids is 2. The van der Waals surface area contributed by atoms with E-state index in [0.717, 1.165) is 31.6 Å². The molecule has 1 fully saturated rings. The highest BCUT2D eigenvalue weighted by atomic mass is 16.5. The standard InChI is InChI=1S/C21H31N3O3/c1-15(2)22-21(26)27-14-18-6-4-5-11-24(18)13-16-7-9-19-17(12-16)8-10-20(25)23(19)3/h7,9,12,15,18H,4-6,8,10-11,13-14H2,1-3H3,(H,22,26). The van der Waals surface area contributed by atoms with E-state index in [9.17, 15) is 9.59 Å². The lowest BCUT2D eigenvalue weighted by molar-refractivity contribution is -0.118. The van der Waals surface area contributed by atoms with E-state index in [0.29, 0.717) is 13.0 Å². The van der Waals surface area contributed by atoms with Crippen molar-refractivity contribution in [3.63, 3.8) is 0 Å². The summed E-state index contributed by atoms with van der Waals surface area (Å²) in [6, 6.07) is 6.76. The predicted molar refractivity (Wildman–Crippen MR) is 106 cm³/mol. The Morgan fingerprint density at radius 3 is 2.89 bits per heavy atom. The second-order valence-corrected chi connectivity index (χ2v) is 7.93. The average Bonchev–Trinajstić information content (AvgIpc) is 2.63. The van der Waals surface area contributed by atoms with Crippen LogP contribution in [0.15, 0.2) is 18.2 Å². The number of benzene rings is 1.